The highest BCUT2D eigenvalue weighted by Crippen LogP contribution is 2.30. The molecule has 0 radical (unpaired) electrons. The summed E-state index contributed by atoms with van der Waals surface area (Å²) >= 11 is 10.3. The van der Waals surface area contributed by atoms with Gasteiger partial charge >= 0.3 is 0 Å². The summed E-state index contributed by atoms with van der Waals surface area (Å²) in [7, 11) is 0. The van der Waals surface area contributed by atoms with Crippen LogP contribution in [0.15, 0.2) is 34.7 Å². The number of nitrogens with one attached hydrogen (secondary N) is 1. The van der Waals surface area contributed by atoms with Crippen molar-refractivity contribution in [2.45, 2.75) is 4.34 Å². The zero-order chi connectivity index (χ0) is 14.1. The van der Waals surface area contributed by atoms with E-state index < -0.39 is 0 Å². The fraction of sp³-hybridized carbons (Fsp3) is 0.0769. The molecule has 1 amide bonds. The molecule has 0 unspecified atom stereocenters. The number of hydrogen-bond donors (Lipinski definition) is 1. The van der Waals surface area contributed by atoms with Gasteiger partial charge in [0.05, 0.1) is 19.4 Å². The van der Waals surface area contributed by atoms with Gasteiger partial charge in [0.2, 0.25) is 0 Å². The third kappa shape index (κ3) is 2.83. The summed E-state index contributed by atoms with van der Waals surface area (Å²) in [6.45, 7) is 0. The van der Waals surface area contributed by atoms with E-state index in [2.05, 4.69) is 10.3 Å². The molecule has 0 fully saturated rings. The van der Waals surface area contributed by atoms with E-state index in [1.54, 1.807) is 35.2 Å². The number of nitrogens with zero attached hydrogens (tertiary/aromatic N) is 1. The normalized spacial score (nSPS) is 10.9. The summed E-state index contributed by atoms with van der Waals surface area (Å²) in [6, 6.07) is 9.17. The van der Waals surface area contributed by atoms with Gasteiger partial charge in [-0.15, -0.1) is 22.7 Å². The first-order valence-electron chi connectivity index (χ1n) is 5.67. The van der Waals surface area contributed by atoms with Crippen molar-refractivity contribution in [1.82, 2.24) is 4.98 Å². The number of anilines is 1. The van der Waals surface area contributed by atoms with Gasteiger partial charge in [0.15, 0.2) is 4.34 Å². The number of hydrogen-bond acceptors (Lipinski definition) is 5. The lowest BCUT2D eigenvalue weighted by molar-refractivity contribution is 0.103. The molecule has 0 aliphatic heterocycles. The topological polar surface area (TPSA) is 42.0 Å². The van der Waals surface area contributed by atoms with Crippen LogP contribution in [0.4, 0.5) is 5.69 Å². The number of thioether (sulfide) groups is 1. The fourth-order valence-electron chi connectivity index (χ4n) is 1.70. The van der Waals surface area contributed by atoms with Gasteiger partial charge in [-0.2, -0.15) is 0 Å². The van der Waals surface area contributed by atoms with Crippen molar-refractivity contribution in [1.29, 1.82) is 0 Å². The zero-order valence-corrected chi connectivity index (χ0v) is 13.6. The second kappa shape index (κ2) is 5.73. The van der Waals surface area contributed by atoms with Crippen molar-refractivity contribution in [2.75, 3.05) is 11.6 Å². The summed E-state index contributed by atoms with van der Waals surface area (Å²) in [6.07, 6.45) is 2.00. The third-order valence-electron chi connectivity index (χ3n) is 2.60. The second-order valence-electron chi connectivity index (χ2n) is 3.92. The van der Waals surface area contributed by atoms with Crippen molar-refractivity contribution in [3.8, 4) is 0 Å². The number of aromatic nitrogens is 1. The maximum atomic E-state index is 12.0. The van der Waals surface area contributed by atoms with Crippen molar-refractivity contribution in [3.63, 3.8) is 0 Å². The third-order valence-corrected chi connectivity index (χ3v) is 5.83. The van der Waals surface area contributed by atoms with Gasteiger partial charge in [0.25, 0.3) is 5.91 Å². The highest BCUT2D eigenvalue weighted by molar-refractivity contribution is 8.00. The number of carbonyl (C=O) groups is 1. The number of carbonyl (C=O) groups excluding carboxylic acids is 1. The number of thiophene rings is 1. The number of halogens is 1. The van der Waals surface area contributed by atoms with Crippen LogP contribution in [0.2, 0.25) is 4.34 Å². The molecule has 3 rings (SSSR count). The van der Waals surface area contributed by atoms with Crippen LogP contribution >= 0.6 is 46.0 Å². The minimum Gasteiger partial charge on any atom is -0.321 e. The number of fused-ring (bicyclic) bond motifs is 1. The summed E-state index contributed by atoms with van der Waals surface area (Å²) in [5.41, 5.74) is 1.72. The van der Waals surface area contributed by atoms with Gasteiger partial charge in [-0.3, -0.25) is 4.79 Å². The number of amides is 1. The Morgan fingerprint density at radius 1 is 1.30 bits per heavy atom. The van der Waals surface area contributed by atoms with Crippen molar-refractivity contribution < 1.29 is 4.79 Å². The molecule has 1 aromatic carbocycles. The molecule has 1 N–H and O–H groups in total. The average molecular weight is 341 g/mol. The van der Waals surface area contributed by atoms with Crippen LogP contribution in [0.25, 0.3) is 10.2 Å². The largest absolute Gasteiger partial charge is 0.321 e. The van der Waals surface area contributed by atoms with E-state index >= 15 is 0 Å². The molecule has 0 saturated carbocycles. The minimum atomic E-state index is -0.143. The SMILES string of the molecule is CSc1nc2ccc(NC(=O)c3ccc(Cl)s3)cc2s1. The molecular weight excluding hydrogens is 332 g/mol. The van der Waals surface area contributed by atoms with Gasteiger partial charge in [0, 0.05) is 5.69 Å². The van der Waals surface area contributed by atoms with E-state index in [-0.39, 0.29) is 5.91 Å². The van der Waals surface area contributed by atoms with E-state index in [1.807, 2.05) is 24.5 Å². The lowest BCUT2D eigenvalue weighted by Gasteiger charge is -2.02. The van der Waals surface area contributed by atoms with Gasteiger partial charge in [-0.05, 0) is 36.6 Å². The van der Waals surface area contributed by atoms with Gasteiger partial charge in [-0.1, -0.05) is 23.4 Å². The van der Waals surface area contributed by atoms with Crippen LogP contribution in [0.5, 0.6) is 0 Å². The highest BCUT2D eigenvalue weighted by Gasteiger charge is 2.10. The average Bonchev–Trinajstić information content (AvgIpc) is 3.03. The molecule has 0 aliphatic carbocycles. The molecule has 20 heavy (non-hydrogen) atoms. The zero-order valence-electron chi connectivity index (χ0n) is 10.3. The Morgan fingerprint density at radius 2 is 2.15 bits per heavy atom. The van der Waals surface area contributed by atoms with E-state index in [0.717, 1.165) is 20.2 Å². The standard InChI is InChI=1S/C13H9ClN2OS3/c1-18-13-16-8-3-2-7(6-10(8)20-13)15-12(17)9-4-5-11(14)19-9/h2-6H,1H3,(H,15,17). The van der Waals surface area contributed by atoms with E-state index in [1.165, 1.54) is 11.3 Å². The molecule has 0 atom stereocenters. The summed E-state index contributed by atoms with van der Waals surface area (Å²) < 4.78 is 2.70. The smallest absolute Gasteiger partial charge is 0.265 e. The van der Waals surface area contributed by atoms with Crippen LogP contribution in [0.3, 0.4) is 0 Å². The maximum Gasteiger partial charge on any atom is 0.265 e. The van der Waals surface area contributed by atoms with Crippen LogP contribution < -0.4 is 5.32 Å². The second-order valence-corrected chi connectivity index (χ2v) is 7.72. The van der Waals surface area contributed by atoms with E-state index in [0.29, 0.717) is 9.21 Å². The van der Waals surface area contributed by atoms with Crippen LogP contribution in [-0.2, 0) is 0 Å². The Bertz CT molecular complexity index is 781. The fourth-order valence-corrected chi connectivity index (χ4v) is 4.16. The van der Waals surface area contributed by atoms with Crippen molar-refractivity contribution >= 4 is 67.8 Å². The quantitative estimate of drug-likeness (QED) is 0.683. The Hall–Kier alpha value is -1.08. The first kappa shape index (κ1) is 13.9. The molecular formula is C13H9ClN2OS3. The number of benzene rings is 1. The molecule has 3 nitrogen and oxygen atoms in total. The van der Waals surface area contributed by atoms with Crippen LogP contribution in [0, 0.1) is 0 Å². The lowest BCUT2D eigenvalue weighted by atomic mass is 10.3. The monoisotopic (exact) mass is 340 g/mol. The van der Waals surface area contributed by atoms with Gasteiger partial charge < -0.3 is 5.32 Å². The van der Waals surface area contributed by atoms with Crippen molar-refractivity contribution in [2.24, 2.45) is 0 Å². The van der Waals surface area contributed by atoms with E-state index in [4.69, 9.17) is 11.6 Å². The molecule has 0 spiro atoms. The van der Waals surface area contributed by atoms with Crippen molar-refractivity contribution in [3.05, 3.63) is 39.5 Å². The maximum absolute atomic E-state index is 12.0. The summed E-state index contributed by atoms with van der Waals surface area (Å²) in [5.74, 6) is -0.143. The molecule has 0 bridgehead atoms. The molecule has 7 heteroatoms. The van der Waals surface area contributed by atoms with Gasteiger partial charge in [-0.25, -0.2) is 4.98 Å². The molecule has 2 aromatic heterocycles. The predicted octanol–water partition coefficient (Wildman–Crippen LogP) is 4.99. The lowest BCUT2D eigenvalue weighted by Crippen LogP contribution is -2.09. The molecule has 3 aromatic rings. The van der Waals surface area contributed by atoms with Crippen LogP contribution in [0.1, 0.15) is 9.67 Å². The Morgan fingerprint density at radius 3 is 2.85 bits per heavy atom. The first-order chi connectivity index (χ1) is 9.65. The number of rotatable bonds is 3. The molecule has 0 saturated heterocycles. The first-order valence-corrected chi connectivity index (χ1v) is 8.90. The Labute approximate surface area is 133 Å². The number of thiazole rings is 1. The minimum absolute atomic E-state index is 0.143. The molecule has 0 aliphatic rings. The predicted molar refractivity (Wildman–Crippen MR) is 88.7 cm³/mol. The van der Waals surface area contributed by atoms with Crippen LogP contribution in [-0.4, -0.2) is 17.1 Å². The summed E-state index contributed by atoms with van der Waals surface area (Å²) in [5, 5.41) is 2.88. The molecule has 102 valence electrons. The Kier molecular flexibility index (Phi) is 3.98. The molecule has 2 heterocycles. The van der Waals surface area contributed by atoms with Gasteiger partial charge in [0.1, 0.15) is 0 Å². The van der Waals surface area contributed by atoms with E-state index in [9.17, 15) is 4.79 Å². The Balaban J connectivity index is 1.85. The summed E-state index contributed by atoms with van der Waals surface area (Å²) in [4.78, 5) is 17.1. The highest BCUT2D eigenvalue weighted by atomic mass is 35.5.